The summed E-state index contributed by atoms with van der Waals surface area (Å²) in [7, 11) is 0. The maximum absolute atomic E-state index is 12.9. The summed E-state index contributed by atoms with van der Waals surface area (Å²) in [5.41, 5.74) is -1.03. The molecule has 0 atom stereocenters. The Morgan fingerprint density at radius 2 is 1.96 bits per heavy atom. The Labute approximate surface area is 159 Å². The number of nitrogens with one attached hydrogen (secondary N) is 3. The van der Waals surface area contributed by atoms with Crippen molar-refractivity contribution in [2.45, 2.75) is 37.9 Å². The standard InChI is InChI=1S/C18H20ClF3N4O/c19-15-6-3-12(18(20,21)22)9-14(15)17(27)25-13-4-1-11(2-5-13)10-23-16-7-8-24-26-16/h3,6-9,11,13H,1-2,4-5,10H2,(H,25,27)(H2,23,24,26)/t11-,13-. The largest absolute Gasteiger partial charge is 0.416 e. The van der Waals surface area contributed by atoms with Crippen LogP contribution in [0.15, 0.2) is 30.5 Å². The van der Waals surface area contributed by atoms with Crippen molar-refractivity contribution in [2.75, 3.05) is 11.9 Å². The molecule has 0 radical (unpaired) electrons. The third-order valence-corrected chi connectivity index (χ3v) is 5.12. The number of rotatable bonds is 5. The lowest BCUT2D eigenvalue weighted by Gasteiger charge is -2.29. The van der Waals surface area contributed by atoms with E-state index in [1.165, 1.54) is 0 Å². The Kier molecular flexibility index (Phi) is 5.94. The molecular formula is C18H20ClF3N4O. The highest BCUT2D eigenvalue weighted by molar-refractivity contribution is 6.33. The van der Waals surface area contributed by atoms with E-state index in [-0.39, 0.29) is 16.6 Å². The first-order chi connectivity index (χ1) is 12.8. The highest BCUT2D eigenvalue weighted by Gasteiger charge is 2.32. The van der Waals surface area contributed by atoms with E-state index in [2.05, 4.69) is 20.8 Å². The fraction of sp³-hybridized carbons (Fsp3) is 0.444. The van der Waals surface area contributed by atoms with Crippen molar-refractivity contribution in [3.05, 3.63) is 46.6 Å². The average Bonchev–Trinajstić information content (AvgIpc) is 3.14. The van der Waals surface area contributed by atoms with Gasteiger partial charge in [0.05, 0.1) is 16.1 Å². The normalized spacial score (nSPS) is 20.3. The number of halogens is 4. The van der Waals surface area contributed by atoms with Gasteiger partial charge in [0.15, 0.2) is 0 Å². The van der Waals surface area contributed by atoms with E-state index < -0.39 is 17.6 Å². The first kappa shape index (κ1) is 19.5. The van der Waals surface area contributed by atoms with Crippen molar-refractivity contribution >= 4 is 23.3 Å². The van der Waals surface area contributed by atoms with Gasteiger partial charge in [-0.25, -0.2) is 0 Å². The molecule has 146 valence electrons. The van der Waals surface area contributed by atoms with Crippen LogP contribution in [0.1, 0.15) is 41.6 Å². The topological polar surface area (TPSA) is 69.8 Å². The quantitative estimate of drug-likeness (QED) is 0.693. The van der Waals surface area contributed by atoms with E-state index in [1.54, 1.807) is 6.20 Å². The van der Waals surface area contributed by atoms with Gasteiger partial charge in [-0.15, -0.1) is 0 Å². The Morgan fingerprint density at radius 1 is 1.22 bits per heavy atom. The zero-order valence-corrected chi connectivity index (χ0v) is 15.2. The molecule has 3 N–H and O–H groups in total. The molecule has 0 spiro atoms. The first-order valence-electron chi connectivity index (χ1n) is 8.74. The van der Waals surface area contributed by atoms with Crippen LogP contribution in [-0.2, 0) is 6.18 Å². The highest BCUT2D eigenvalue weighted by Crippen LogP contribution is 2.32. The van der Waals surface area contributed by atoms with E-state index in [0.29, 0.717) is 5.92 Å². The SMILES string of the molecule is O=C(N[C@H]1CC[C@H](CNc2cc[nH]n2)CC1)c1cc(C(F)(F)F)ccc1Cl. The van der Waals surface area contributed by atoms with Crippen molar-refractivity contribution in [3.63, 3.8) is 0 Å². The summed E-state index contributed by atoms with van der Waals surface area (Å²) in [5.74, 6) is 0.695. The van der Waals surface area contributed by atoms with E-state index >= 15 is 0 Å². The molecule has 0 saturated heterocycles. The van der Waals surface area contributed by atoms with Gasteiger partial charge in [-0.1, -0.05) is 11.6 Å². The predicted molar refractivity (Wildman–Crippen MR) is 96.7 cm³/mol. The summed E-state index contributed by atoms with van der Waals surface area (Å²) in [5, 5.41) is 12.9. The Balaban J connectivity index is 1.52. The molecule has 1 saturated carbocycles. The van der Waals surface area contributed by atoms with Gasteiger partial charge in [0.2, 0.25) is 0 Å². The van der Waals surface area contributed by atoms with Gasteiger partial charge in [-0.2, -0.15) is 18.3 Å². The van der Waals surface area contributed by atoms with Gasteiger partial charge in [0.1, 0.15) is 5.82 Å². The molecular weight excluding hydrogens is 381 g/mol. The number of aromatic amines is 1. The number of anilines is 1. The second kappa shape index (κ2) is 8.21. The van der Waals surface area contributed by atoms with Crippen molar-refractivity contribution in [2.24, 2.45) is 5.92 Å². The Morgan fingerprint density at radius 3 is 2.59 bits per heavy atom. The molecule has 0 aliphatic heterocycles. The molecule has 1 aromatic carbocycles. The van der Waals surface area contributed by atoms with Crippen molar-refractivity contribution in [3.8, 4) is 0 Å². The lowest BCUT2D eigenvalue weighted by atomic mass is 9.86. The third kappa shape index (κ3) is 5.15. The minimum Gasteiger partial charge on any atom is -0.368 e. The van der Waals surface area contributed by atoms with Gasteiger partial charge < -0.3 is 10.6 Å². The molecule has 0 bridgehead atoms. The van der Waals surface area contributed by atoms with E-state index in [4.69, 9.17) is 11.6 Å². The number of carbonyl (C=O) groups excluding carboxylic acids is 1. The molecule has 1 aliphatic carbocycles. The number of hydrogen-bond donors (Lipinski definition) is 3. The van der Waals surface area contributed by atoms with Crippen LogP contribution in [0.5, 0.6) is 0 Å². The van der Waals surface area contributed by atoms with Crippen LogP contribution in [0.25, 0.3) is 0 Å². The molecule has 2 aromatic rings. The fourth-order valence-electron chi connectivity index (χ4n) is 3.26. The van der Waals surface area contributed by atoms with Crippen molar-refractivity contribution < 1.29 is 18.0 Å². The maximum atomic E-state index is 12.9. The van der Waals surface area contributed by atoms with Crippen molar-refractivity contribution in [1.82, 2.24) is 15.5 Å². The monoisotopic (exact) mass is 400 g/mol. The molecule has 5 nitrogen and oxygen atoms in total. The lowest BCUT2D eigenvalue weighted by molar-refractivity contribution is -0.137. The maximum Gasteiger partial charge on any atom is 0.416 e. The molecule has 1 heterocycles. The van der Waals surface area contributed by atoms with Gasteiger partial charge in [0, 0.05) is 18.8 Å². The number of H-pyrrole nitrogens is 1. The molecule has 0 unspecified atom stereocenters. The molecule has 3 rings (SSSR count). The minimum atomic E-state index is -4.51. The predicted octanol–water partition coefficient (Wildman–Crippen LogP) is 4.48. The second-order valence-electron chi connectivity index (χ2n) is 6.72. The minimum absolute atomic E-state index is 0.0115. The molecule has 1 aromatic heterocycles. The van der Waals surface area contributed by atoms with E-state index in [0.717, 1.165) is 56.2 Å². The van der Waals surface area contributed by atoms with Crippen LogP contribution in [-0.4, -0.2) is 28.7 Å². The first-order valence-corrected chi connectivity index (χ1v) is 9.12. The van der Waals surface area contributed by atoms with E-state index in [1.807, 2.05) is 6.07 Å². The fourth-order valence-corrected chi connectivity index (χ4v) is 3.46. The summed E-state index contributed by atoms with van der Waals surface area (Å²) >= 11 is 5.93. The van der Waals surface area contributed by atoms with Crippen LogP contribution in [0, 0.1) is 5.92 Å². The Bertz CT molecular complexity index is 771. The molecule has 1 aliphatic rings. The molecule has 27 heavy (non-hydrogen) atoms. The number of aromatic nitrogens is 2. The summed E-state index contributed by atoms with van der Waals surface area (Å²) in [6, 6.07) is 4.57. The smallest absolute Gasteiger partial charge is 0.368 e. The van der Waals surface area contributed by atoms with Crippen molar-refractivity contribution in [1.29, 1.82) is 0 Å². The van der Waals surface area contributed by atoms with Crippen LogP contribution in [0.2, 0.25) is 5.02 Å². The van der Waals surface area contributed by atoms with Crippen LogP contribution >= 0.6 is 11.6 Å². The zero-order valence-electron chi connectivity index (χ0n) is 14.4. The number of benzene rings is 1. The average molecular weight is 401 g/mol. The third-order valence-electron chi connectivity index (χ3n) is 4.79. The van der Waals surface area contributed by atoms with Crippen LogP contribution < -0.4 is 10.6 Å². The van der Waals surface area contributed by atoms with Gasteiger partial charge in [-0.05, 0) is 55.9 Å². The number of nitrogens with zero attached hydrogens (tertiary/aromatic N) is 1. The molecule has 1 fully saturated rings. The second-order valence-corrected chi connectivity index (χ2v) is 7.13. The number of hydrogen-bond acceptors (Lipinski definition) is 3. The zero-order chi connectivity index (χ0) is 19.4. The summed E-state index contributed by atoms with van der Waals surface area (Å²) in [6.45, 7) is 0.797. The molecule has 9 heteroatoms. The van der Waals surface area contributed by atoms with E-state index in [9.17, 15) is 18.0 Å². The highest BCUT2D eigenvalue weighted by atomic mass is 35.5. The molecule has 1 amide bonds. The number of alkyl halides is 3. The summed E-state index contributed by atoms with van der Waals surface area (Å²) in [4.78, 5) is 12.4. The lowest BCUT2D eigenvalue weighted by Crippen LogP contribution is -2.38. The number of amides is 1. The van der Waals surface area contributed by atoms with Gasteiger partial charge in [-0.3, -0.25) is 9.89 Å². The summed E-state index contributed by atoms with van der Waals surface area (Å²) < 4.78 is 38.6. The van der Waals surface area contributed by atoms with Crippen LogP contribution in [0.3, 0.4) is 0 Å². The number of carbonyl (C=O) groups is 1. The summed E-state index contributed by atoms with van der Waals surface area (Å²) in [6.07, 6.45) is 0.606. The Hall–Kier alpha value is -2.22. The van der Waals surface area contributed by atoms with Crippen LogP contribution in [0.4, 0.5) is 19.0 Å². The van der Waals surface area contributed by atoms with Gasteiger partial charge >= 0.3 is 6.18 Å². The van der Waals surface area contributed by atoms with Gasteiger partial charge in [0.25, 0.3) is 5.91 Å².